The highest BCUT2D eigenvalue weighted by Gasteiger charge is 2.06. The van der Waals surface area contributed by atoms with E-state index in [0.29, 0.717) is 12.3 Å². The molecule has 1 nitrogen and oxygen atoms in total. The van der Waals surface area contributed by atoms with Gasteiger partial charge in [-0.15, -0.1) is 0 Å². The van der Waals surface area contributed by atoms with Crippen LogP contribution in [0.1, 0.15) is 57.3 Å². The van der Waals surface area contributed by atoms with Crippen LogP contribution in [0.15, 0.2) is 30.3 Å². The molecule has 0 aliphatic heterocycles. The molecule has 90 valence electrons. The highest BCUT2D eigenvalue weighted by Crippen LogP contribution is 2.08. The molecule has 1 aromatic rings. The average Bonchev–Trinajstić information content (AvgIpc) is 2.30. The normalized spacial score (nSPS) is 9.56. The molecular formula is C15H24O. The van der Waals surface area contributed by atoms with Crippen LogP contribution in [0.2, 0.25) is 0 Å². The van der Waals surface area contributed by atoms with Gasteiger partial charge in [0.25, 0.3) is 0 Å². The van der Waals surface area contributed by atoms with E-state index in [4.69, 9.17) is 0 Å². The van der Waals surface area contributed by atoms with Gasteiger partial charge >= 0.3 is 0 Å². The molecule has 0 bridgehead atoms. The number of unbranched alkanes of at least 4 members (excludes halogenated alkanes) is 1. The lowest BCUT2D eigenvalue weighted by Gasteiger charge is -2.02. The van der Waals surface area contributed by atoms with Crippen molar-refractivity contribution in [2.75, 3.05) is 0 Å². The Morgan fingerprint density at radius 3 is 1.94 bits per heavy atom. The number of rotatable bonds is 4. The van der Waals surface area contributed by atoms with Crippen LogP contribution in [0.3, 0.4) is 0 Å². The summed E-state index contributed by atoms with van der Waals surface area (Å²) in [6.07, 6.45) is 3.28. The topological polar surface area (TPSA) is 17.1 Å². The monoisotopic (exact) mass is 220 g/mol. The molecule has 0 heterocycles. The Morgan fingerprint density at radius 1 is 1.06 bits per heavy atom. The van der Waals surface area contributed by atoms with Gasteiger partial charge < -0.3 is 0 Å². The Morgan fingerprint density at radius 2 is 1.56 bits per heavy atom. The predicted molar refractivity (Wildman–Crippen MR) is 70.8 cm³/mol. The molecule has 0 aromatic heterocycles. The maximum atomic E-state index is 11.5. The van der Waals surface area contributed by atoms with Gasteiger partial charge in [0.15, 0.2) is 5.78 Å². The molecule has 0 aliphatic carbocycles. The SMILES string of the molecule is CC(C)CC(=O)c1ccccc1.CCCC. The van der Waals surface area contributed by atoms with E-state index in [1.165, 1.54) is 12.8 Å². The number of Topliss-reactive ketones (excluding diaryl/α,β-unsaturated/α-hetero) is 1. The largest absolute Gasteiger partial charge is 0.294 e. The zero-order chi connectivity index (χ0) is 12.4. The predicted octanol–water partition coefficient (Wildman–Crippen LogP) is 4.72. The second-order valence-electron chi connectivity index (χ2n) is 4.39. The third kappa shape index (κ3) is 7.22. The van der Waals surface area contributed by atoms with Crippen molar-refractivity contribution in [2.45, 2.75) is 47.0 Å². The van der Waals surface area contributed by atoms with E-state index in [-0.39, 0.29) is 5.78 Å². The standard InChI is InChI=1S/C11H14O.C4H10/c1-9(2)8-11(12)10-6-4-3-5-7-10;1-3-4-2/h3-7,9H,8H2,1-2H3;3-4H2,1-2H3. The number of hydrogen-bond donors (Lipinski definition) is 0. The summed E-state index contributed by atoms with van der Waals surface area (Å²) in [5.41, 5.74) is 0.825. The minimum atomic E-state index is 0.241. The summed E-state index contributed by atoms with van der Waals surface area (Å²) >= 11 is 0. The van der Waals surface area contributed by atoms with E-state index in [2.05, 4.69) is 27.7 Å². The average molecular weight is 220 g/mol. The summed E-state index contributed by atoms with van der Waals surface area (Å²) in [6.45, 7) is 8.47. The van der Waals surface area contributed by atoms with Crippen LogP contribution in [0.4, 0.5) is 0 Å². The van der Waals surface area contributed by atoms with Crippen LogP contribution in [-0.2, 0) is 0 Å². The summed E-state index contributed by atoms with van der Waals surface area (Å²) in [4.78, 5) is 11.5. The van der Waals surface area contributed by atoms with Crippen LogP contribution in [-0.4, -0.2) is 5.78 Å². The fourth-order valence-electron chi connectivity index (χ4n) is 1.11. The Labute approximate surface area is 99.9 Å². The maximum absolute atomic E-state index is 11.5. The zero-order valence-corrected chi connectivity index (χ0v) is 11.0. The smallest absolute Gasteiger partial charge is 0.163 e. The lowest BCUT2D eigenvalue weighted by atomic mass is 10.0. The van der Waals surface area contributed by atoms with Gasteiger partial charge in [-0.2, -0.15) is 0 Å². The van der Waals surface area contributed by atoms with Gasteiger partial charge in [-0.25, -0.2) is 0 Å². The van der Waals surface area contributed by atoms with Crippen molar-refractivity contribution in [3.63, 3.8) is 0 Å². The van der Waals surface area contributed by atoms with E-state index < -0.39 is 0 Å². The van der Waals surface area contributed by atoms with Gasteiger partial charge in [0.05, 0.1) is 0 Å². The molecule has 0 amide bonds. The quantitative estimate of drug-likeness (QED) is 0.671. The molecular weight excluding hydrogens is 196 g/mol. The van der Waals surface area contributed by atoms with Gasteiger partial charge in [0.2, 0.25) is 0 Å². The number of carbonyl (C=O) groups excluding carboxylic acids is 1. The first-order valence-corrected chi connectivity index (χ1v) is 6.20. The summed E-state index contributed by atoms with van der Waals surface area (Å²) < 4.78 is 0. The first-order valence-electron chi connectivity index (χ1n) is 6.20. The summed E-state index contributed by atoms with van der Waals surface area (Å²) in [5.74, 6) is 0.684. The van der Waals surface area contributed by atoms with Crippen LogP contribution in [0, 0.1) is 5.92 Å². The second-order valence-corrected chi connectivity index (χ2v) is 4.39. The molecule has 0 radical (unpaired) electrons. The first-order chi connectivity index (χ1) is 7.61. The highest BCUT2D eigenvalue weighted by molar-refractivity contribution is 5.96. The van der Waals surface area contributed by atoms with E-state index in [1.54, 1.807) is 0 Å². The molecule has 16 heavy (non-hydrogen) atoms. The van der Waals surface area contributed by atoms with E-state index >= 15 is 0 Å². The number of benzene rings is 1. The zero-order valence-electron chi connectivity index (χ0n) is 11.0. The Hall–Kier alpha value is -1.11. The van der Waals surface area contributed by atoms with Crippen LogP contribution < -0.4 is 0 Å². The van der Waals surface area contributed by atoms with Crippen molar-refractivity contribution in [2.24, 2.45) is 5.92 Å². The van der Waals surface area contributed by atoms with E-state index in [0.717, 1.165) is 5.56 Å². The molecule has 0 saturated heterocycles. The van der Waals surface area contributed by atoms with Crippen LogP contribution in [0.25, 0.3) is 0 Å². The second kappa shape index (κ2) is 9.14. The van der Waals surface area contributed by atoms with Crippen LogP contribution in [0.5, 0.6) is 0 Å². The number of ketones is 1. The Balaban J connectivity index is 0.000000487. The highest BCUT2D eigenvalue weighted by atomic mass is 16.1. The molecule has 1 heteroatoms. The van der Waals surface area contributed by atoms with Crippen molar-refractivity contribution in [1.82, 2.24) is 0 Å². The number of hydrogen-bond acceptors (Lipinski definition) is 1. The third-order valence-corrected chi connectivity index (χ3v) is 2.19. The Bertz CT molecular complexity index is 273. The Kier molecular flexibility index (Phi) is 8.51. The summed E-state index contributed by atoms with van der Waals surface area (Å²) in [5, 5.41) is 0. The molecule has 1 rings (SSSR count). The summed E-state index contributed by atoms with van der Waals surface area (Å²) in [7, 11) is 0. The van der Waals surface area contributed by atoms with Gasteiger partial charge in [-0.1, -0.05) is 70.9 Å². The fourth-order valence-corrected chi connectivity index (χ4v) is 1.11. The molecule has 0 unspecified atom stereocenters. The lowest BCUT2D eigenvalue weighted by molar-refractivity contribution is 0.0968. The fraction of sp³-hybridized carbons (Fsp3) is 0.533. The molecule has 0 aliphatic rings. The molecule has 0 spiro atoms. The molecule has 0 N–H and O–H groups in total. The van der Waals surface area contributed by atoms with Gasteiger partial charge in [0.1, 0.15) is 0 Å². The van der Waals surface area contributed by atoms with E-state index in [9.17, 15) is 4.79 Å². The minimum absolute atomic E-state index is 0.241. The van der Waals surface area contributed by atoms with Crippen molar-refractivity contribution in [3.05, 3.63) is 35.9 Å². The number of carbonyl (C=O) groups is 1. The maximum Gasteiger partial charge on any atom is 0.163 e. The van der Waals surface area contributed by atoms with Gasteiger partial charge in [0, 0.05) is 12.0 Å². The first kappa shape index (κ1) is 14.9. The van der Waals surface area contributed by atoms with Crippen molar-refractivity contribution < 1.29 is 4.79 Å². The van der Waals surface area contributed by atoms with Gasteiger partial charge in [-0.3, -0.25) is 4.79 Å². The van der Waals surface area contributed by atoms with Gasteiger partial charge in [-0.05, 0) is 5.92 Å². The lowest BCUT2D eigenvalue weighted by Crippen LogP contribution is -2.02. The van der Waals surface area contributed by atoms with Crippen molar-refractivity contribution in [1.29, 1.82) is 0 Å². The third-order valence-electron chi connectivity index (χ3n) is 2.19. The summed E-state index contributed by atoms with van der Waals surface area (Å²) in [6, 6.07) is 9.45. The van der Waals surface area contributed by atoms with E-state index in [1.807, 2.05) is 30.3 Å². The molecule has 0 fully saturated rings. The van der Waals surface area contributed by atoms with Crippen molar-refractivity contribution in [3.8, 4) is 0 Å². The van der Waals surface area contributed by atoms with Crippen molar-refractivity contribution >= 4 is 5.78 Å². The molecule has 0 saturated carbocycles. The van der Waals surface area contributed by atoms with Crippen LogP contribution >= 0.6 is 0 Å². The molecule has 0 atom stereocenters. The molecule has 1 aromatic carbocycles. The minimum Gasteiger partial charge on any atom is -0.294 e.